The molecular formula is C16H18N4O2. The van der Waals surface area contributed by atoms with Crippen molar-refractivity contribution in [2.45, 2.75) is 6.42 Å². The molecule has 0 aliphatic carbocycles. The van der Waals surface area contributed by atoms with Gasteiger partial charge in [-0.15, -0.1) is 0 Å². The minimum atomic E-state index is 0.525. The Hall–Kier alpha value is -2.60. The zero-order valence-corrected chi connectivity index (χ0v) is 12.6. The largest absolute Gasteiger partial charge is 0.493 e. The number of methoxy groups -OCH3 is 2. The molecule has 6 heteroatoms. The summed E-state index contributed by atoms with van der Waals surface area (Å²) >= 11 is 0. The summed E-state index contributed by atoms with van der Waals surface area (Å²) in [6.07, 6.45) is 4.32. The van der Waals surface area contributed by atoms with Crippen LogP contribution in [0.5, 0.6) is 11.5 Å². The van der Waals surface area contributed by atoms with Crippen molar-refractivity contribution in [2.24, 2.45) is 5.73 Å². The van der Waals surface area contributed by atoms with Gasteiger partial charge in [-0.1, -0.05) is 6.07 Å². The van der Waals surface area contributed by atoms with Crippen molar-refractivity contribution in [3.05, 3.63) is 42.2 Å². The first-order chi connectivity index (χ1) is 10.8. The van der Waals surface area contributed by atoms with Crippen LogP contribution < -0.4 is 15.2 Å². The van der Waals surface area contributed by atoms with Crippen molar-refractivity contribution >= 4 is 5.65 Å². The molecule has 3 aromatic rings. The summed E-state index contributed by atoms with van der Waals surface area (Å²) in [6, 6.07) is 7.58. The molecule has 1 aromatic carbocycles. The van der Waals surface area contributed by atoms with Crippen LogP contribution in [0.1, 0.15) is 5.56 Å². The first-order valence-corrected chi connectivity index (χ1v) is 7.03. The van der Waals surface area contributed by atoms with Crippen LogP contribution in [0.4, 0.5) is 0 Å². The number of fused-ring (bicyclic) bond motifs is 1. The number of nitrogens with two attached hydrogens (primary N) is 1. The second-order valence-electron chi connectivity index (χ2n) is 4.79. The van der Waals surface area contributed by atoms with Crippen LogP contribution in [-0.4, -0.2) is 35.4 Å². The van der Waals surface area contributed by atoms with Gasteiger partial charge in [0.05, 0.1) is 14.2 Å². The van der Waals surface area contributed by atoms with E-state index in [4.69, 9.17) is 15.2 Å². The topological polar surface area (TPSA) is 74.7 Å². The van der Waals surface area contributed by atoms with Gasteiger partial charge in [0.25, 0.3) is 0 Å². The Morgan fingerprint density at radius 1 is 1.18 bits per heavy atom. The van der Waals surface area contributed by atoms with Gasteiger partial charge in [0.2, 0.25) is 0 Å². The summed E-state index contributed by atoms with van der Waals surface area (Å²) in [5, 5.41) is 4.65. The van der Waals surface area contributed by atoms with Crippen LogP contribution in [0.3, 0.4) is 0 Å². The number of nitrogens with zero attached hydrogens (tertiary/aromatic N) is 3. The van der Waals surface area contributed by atoms with Crippen LogP contribution in [0, 0.1) is 0 Å². The van der Waals surface area contributed by atoms with E-state index in [0.717, 1.165) is 22.5 Å². The summed E-state index contributed by atoms with van der Waals surface area (Å²) in [5.74, 6) is 1.33. The van der Waals surface area contributed by atoms with E-state index in [1.54, 1.807) is 24.9 Å². The molecule has 0 saturated heterocycles. The van der Waals surface area contributed by atoms with Gasteiger partial charge in [-0.2, -0.15) is 5.10 Å². The zero-order chi connectivity index (χ0) is 15.5. The third kappa shape index (κ3) is 2.27. The molecule has 0 spiro atoms. The van der Waals surface area contributed by atoms with Gasteiger partial charge in [-0.05, 0) is 31.2 Å². The molecule has 114 valence electrons. The standard InChI is InChI=1S/C16H18N4O2/c1-21-13-6-3-5-11(15(13)22-2)14-12(7-8-17)16-18-9-4-10-20(16)19-14/h3-6,9-10H,7-8,17H2,1-2H3. The Morgan fingerprint density at radius 3 is 2.77 bits per heavy atom. The van der Waals surface area contributed by atoms with Gasteiger partial charge in [0.15, 0.2) is 17.1 Å². The predicted octanol–water partition coefficient (Wildman–Crippen LogP) is 1.91. The van der Waals surface area contributed by atoms with Crippen molar-refractivity contribution in [1.29, 1.82) is 0 Å². The van der Waals surface area contributed by atoms with Crippen LogP contribution in [-0.2, 0) is 6.42 Å². The number of benzene rings is 1. The lowest BCUT2D eigenvalue weighted by molar-refractivity contribution is 0.356. The van der Waals surface area contributed by atoms with E-state index in [9.17, 15) is 0 Å². The van der Waals surface area contributed by atoms with E-state index in [0.29, 0.717) is 24.5 Å². The van der Waals surface area contributed by atoms with Crippen molar-refractivity contribution in [2.75, 3.05) is 20.8 Å². The van der Waals surface area contributed by atoms with E-state index < -0.39 is 0 Å². The van der Waals surface area contributed by atoms with Crippen LogP contribution in [0.2, 0.25) is 0 Å². The Morgan fingerprint density at radius 2 is 2.05 bits per heavy atom. The Bertz CT molecular complexity index is 798. The van der Waals surface area contributed by atoms with Crippen LogP contribution >= 0.6 is 0 Å². The SMILES string of the molecule is COc1cccc(-c2nn3cccnc3c2CCN)c1OC. The average molecular weight is 298 g/mol. The first-order valence-electron chi connectivity index (χ1n) is 7.03. The number of para-hydroxylation sites is 1. The fourth-order valence-electron chi connectivity index (χ4n) is 2.60. The zero-order valence-electron chi connectivity index (χ0n) is 12.6. The molecule has 0 amide bonds. The van der Waals surface area contributed by atoms with Gasteiger partial charge < -0.3 is 15.2 Å². The third-order valence-electron chi connectivity index (χ3n) is 3.54. The molecule has 0 bridgehead atoms. The van der Waals surface area contributed by atoms with E-state index in [1.165, 1.54) is 0 Å². The first kappa shape index (κ1) is 14.3. The van der Waals surface area contributed by atoms with Crippen LogP contribution in [0.15, 0.2) is 36.7 Å². The number of aromatic nitrogens is 3. The van der Waals surface area contributed by atoms with E-state index in [1.807, 2.05) is 30.5 Å². The molecule has 0 unspecified atom stereocenters. The maximum absolute atomic E-state index is 5.76. The van der Waals surface area contributed by atoms with Crippen molar-refractivity contribution < 1.29 is 9.47 Å². The molecule has 2 aromatic heterocycles. The second-order valence-corrected chi connectivity index (χ2v) is 4.79. The predicted molar refractivity (Wildman–Crippen MR) is 84.3 cm³/mol. The quantitative estimate of drug-likeness (QED) is 0.779. The highest BCUT2D eigenvalue weighted by atomic mass is 16.5. The highest BCUT2D eigenvalue weighted by molar-refractivity contribution is 5.77. The second kappa shape index (κ2) is 6.03. The molecule has 0 aliphatic heterocycles. The number of hydrogen-bond donors (Lipinski definition) is 1. The van der Waals surface area contributed by atoms with E-state index in [-0.39, 0.29) is 0 Å². The average Bonchev–Trinajstić information content (AvgIpc) is 2.93. The maximum atomic E-state index is 5.76. The van der Waals surface area contributed by atoms with Gasteiger partial charge in [-0.25, -0.2) is 9.50 Å². The lowest BCUT2D eigenvalue weighted by Crippen LogP contribution is -2.04. The number of rotatable bonds is 5. The van der Waals surface area contributed by atoms with Crippen molar-refractivity contribution in [1.82, 2.24) is 14.6 Å². The Labute approximate surface area is 128 Å². The molecule has 0 aliphatic rings. The molecule has 6 nitrogen and oxygen atoms in total. The Balaban J connectivity index is 2.28. The van der Waals surface area contributed by atoms with Crippen molar-refractivity contribution in [3.63, 3.8) is 0 Å². The molecule has 2 heterocycles. The molecule has 0 saturated carbocycles. The fraction of sp³-hybridized carbons (Fsp3) is 0.250. The summed E-state index contributed by atoms with van der Waals surface area (Å²) in [4.78, 5) is 4.42. The van der Waals surface area contributed by atoms with E-state index in [2.05, 4.69) is 10.1 Å². The molecule has 0 atom stereocenters. The summed E-state index contributed by atoms with van der Waals surface area (Å²) in [7, 11) is 3.24. The van der Waals surface area contributed by atoms with Gasteiger partial charge in [-0.3, -0.25) is 0 Å². The molecule has 0 fully saturated rings. The number of hydrogen-bond acceptors (Lipinski definition) is 5. The summed E-state index contributed by atoms with van der Waals surface area (Å²) in [5.41, 5.74) is 9.28. The van der Waals surface area contributed by atoms with Gasteiger partial charge >= 0.3 is 0 Å². The Kier molecular flexibility index (Phi) is 3.93. The van der Waals surface area contributed by atoms with E-state index >= 15 is 0 Å². The minimum absolute atomic E-state index is 0.525. The highest BCUT2D eigenvalue weighted by Gasteiger charge is 2.20. The summed E-state index contributed by atoms with van der Waals surface area (Å²) in [6.45, 7) is 0.525. The molecule has 22 heavy (non-hydrogen) atoms. The molecule has 3 rings (SSSR count). The van der Waals surface area contributed by atoms with Crippen molar-refractivity contribution in [3.8, 4) is 22.8 Å². The lowest BCUT2D eigenvalue weighted by Gasteiger charge is -2.12. The maximum Gasteiger partial charge on any atom is 0.170 e. The smallest absolute Gasteiger partial charge is 0.170 e. The lowest BCUT2D eigenvalue weighted by atomic mass is 10.0. The third-order valence-corrected chi connectivity index (χ3v) is 3.54. The minimum Gasteiger partial charge on any atom is -0.493 e. The molecule has 0 radical (unpaired) electrons. The summed E-state index contributed by atoms with van der Waals surface area (Å²) < 4.78 is 12.7. The molecule has 2 N–H and O–H groups in total. The van der Waals surface area contributed by atoms with Gasteiger partial charge in [0.1, 0.15) is 5.69 Å². The fourth-order valence-corrected chi connectivity index (χ4v) is 2.60. The number of ether oxygens (including phenoxy) is 2. The monoisotopic (exact) mass is 298 g/mol. The molecular weight excluding hydrogens is 280 g/mol. The normalized spacial score (nSPS) is 10.9. The van der Waals surface area contributed by atoms with Gasteiger partial charge in [0, 0.05) is 23.5 Å². The van der Waals surface area contributed by atoms with Crippen LogP contribution in [0.25, 0.3) is 16.9 Å². The highest BCUT2D eigenvalue weighted by Crippen LogP contribution is 2.39.